The molecule has 0 bridgehead atoms. The fraction of sp³-hybridized carbons (Fsp3) is 0. The van der Waals surface area contributed by atoms with Gasteiger partial charge >= 0.3 is 0 Å². The van der Waals surface area contributed by atoms with Crippen molar-refractivity contribution >= 4 is 123 Å². The summed E-state index contributed by atoms with van der Waals surface area (Å²) in [5, 5.41) is 6.89. The van der Waals surface area contributed by atoms with E-state index in [1.54, 1.807) is 0 Å². The van der Waals surface area contributed by atoms with Crippen molar-refractivity contribution in [1.82, 2.24) is 0 Å². The average Bonchev–Trinajstić information content (AvgIpc) is 1.97. The molecule has 0 aliphatic rings. The molecule has 15 heteroatoms. The molecule has 9 N–H and O–H groups in total. The van der Waals surface area contributed by atoms with E-state index < -0.39 is 0 Å². The molecule has 0 aromatic carbocycles. The van der Waals surface area contributed by atoms with Crippen molar-refractivity contribution in [2.45, 2.75) is 0 Å². The summed E-state index contributed by atoms with van der Waals surface area (Å²) in [6, 6.07) is 0. The number of nitrogens with two attached hydrogens (primary N) is 4. The number of carbonyl (C=O) groups is 1. The maximum atomic E-state index is 8.36. The van der Waals surface area contributed by atoms with Gasteiger partial charge in [-0.25, -0.2) is 0 Å². The summed E-state index contributed by atoms with van der Waals surface area (Å²) >= 11 is 33.0. The van der Waals surface area contributed by atoms with Crippen LogP contribution in [-0.2, 0) is 76.4 Å². The normalized spacial score (nSPS) is 5.40. The molecule has 6 nitrogen and oxygen atoms in total. The predicted octanol–water partition coefficient (Wildman–Crippen LogP) is -1.19. The van der Waals surface area contributed by atoms with Crippen LogP contribution in [0, 0.1) is 0 Å². The molecular formula is C5H10N4O2S8W-4. The molecule has 0 rings (SSSR count). The Balaban J connectivity index is -0.0000000304. The van der Waals surface area contributed by atoms with Crippen LogP contribution in [0.25, 0.3) is 0 Å². The van der Waals surface area contributed by atoms with E-state index in [-0.39, 0.29) is 44.8 Å². The van der Waals surface area contributed by atoms with Crippen LogP contribution < -0.4 is 22.9 Å². The molecule has 0 saturated heterocycles. The van der Waals surface area contributed by atoms with Gasteiger partial charge in [0.15, 0.2) is 0 Å². The summed E-state index contributed by atoms with van der Waals surface area (Å²) in [7, 11) is 0. The fourth-order valence-electron chi connectivity index (χ4n) is 0. The van der Waals surface area contributed by atoms with Gasteiger partial charge in [0.1, 0.15) is 0 Å². The Bertz CT molecular complexity index is 216. The minimum Gasteiger partial charge on any atom is -0.483 e. The minimum atomic E-state index is -0.250. The molecule has 0 spiro atoms. The molecule has 0 aromatic heterocycles. The van der Waals surface area contributed by atoms with Gasteiger partial charge in [-0.05, 0) is 0 Å². The standard InChI is InChI=1S/4CH3NS2.CH2O2.W/c4*2-1(3)4;2-1-3;/h4*(H3,2,3,4);1H,(H,2,3);/p-4. The Labute approximate surface area is 175 Å². The molecule has 0 amide bonds. The van der Waals surface area contributed by atoms with Gasteiger partial charge in [0, 0.05) is 21.1 Å². The molecule has 0 radical (unpaired) electrons. The van der Waals surface area contributed by atoms with Crippen LogP contribution in [0.2, 0.25) is 0 Å². The molecule has 0 unspecified atom stereocenters. The van der Waals surface area contributed by atoms with E-state index in [4.69, 9.17) is 9.90 Å². The smallest absolute Gasteiger partial charge is 0.290 e. The molecule has 0 atom stereocenters. The van der Waals surface area contributed by atoms with Crippen molar-refractivity contribution in [2.24, 2.45) is 22.9 Å². The second-order valence-electron chi connectivity index (χ2n) is 1.38. The van der Waals surface area contributed by atoms with E-state index >= 15 is 0 Å². The van der Waals surface area contributed by atoms with Crippen molar-refractivity contribution in [1.29, 1.82) is 0 Å². The number of hydrogen-bond acceptors (Lipinski definition) is 9. The second-order valence-corrected chi connectivity index (χ2v) is 5.93. The van der Waals surface area contributed by atoms with Gasteiger partial charge in [0.2, 0.25) is 0 Å². The monoisotopic (exact) mass is 598 g/mol. The summed E-state index contributed by atoms with van der Waals surface area (Å²) in [6.07, 6.45) is 0. The molecule has 0 aliphatic heterocycles. The van der Waals surface area contributed by atoms with Crippen molar-refractivity contribution in [3.05, 3.63) is 0 Å². The zero-order chi connectivity index (χ0) is 17.0. The summed E-state index contributed by atoms with van der Waals surface area (Å²) in [5.74, 6) is 0. The van der Waals surface area contributed by atoms with Gasteiger partial charge in [-0.15, -0.1) is 0 Å². The van der Waals surface area contributed by atoms with Gasteiger partial charge in [0.05, 0.1) is 0 Å². The van der Waals surface area contributed by atoms with Crippen molar-refractivity contribution in [3.63, 3.8) is 0 Å². The fourth-order valence-corrected chi connectivity index (χ4v) is 0. The van der Waals surface area contributed by atoms with Gasteiger partial charge in [-0.1, -0.05) is 17.3 Å². The maximum Gasteiger partial charge on any atom is 0.290 e. The zero-order valence-electron chi connectivity index (χ0n) is 9.42. The summed E-state index contributed by atoms with van der Waals surface area (Å²) in [6.45, 7) is -0.250. The van der Waals surface area contributed by atoms with E-state index in [0.29, 0.717) is 0 Å². The second kappa shape index (κ2) is 36.7. The Kier molecular flexibility index (Phi) is 68.1. The topological polar surface area (TPSA) is 141 Å². The Morgan fingerprint density at radius 3 is 0.750 bits per heavy atom. The third-order valence-corrected chi connectivity index (χ3v) is 0. The number of carboxylic acid groups (broad SMARTS) is 1. The maximum absolute atomic E-state index is 8.36. The SMILES string of the molecule is NC(=S)[S-].NC(=S)[S-].NC(=S)[S-].NC(=S)[S-].O=CO.[W]. The van der Waals surface area contributed by atoms with E-state index in [2.05, 4.69) is 122 Å². The summed E-state index contributed by atoms with van der Waals surface area (Å²) in [4.78, 5) is 8.36. The molecule has 120 valence electrons. The first-order valence-electron chi connectivity index (χ1n) is 3.28. The minimum absolute atomic E-state index is 0. The van der Waals surface area contributed by atoms with E-state index in [1.807, 2.05) is 0 Å². The van der Waals surface area contributed by atoms with Crippen molar-refractivity contribution in [3.8, 4) is 0 Å². The zero-order valence-corrected chi connectivity index (χ0v) is 18.9. The van der Waals surface area contributed by atoms with Crippen LogP contribution in [-0.4, -0.2) is 28.9 Å². The third kappa shape index (κ3) is 16100. The van der Waals surface area contributed by atoms with Crippen LogP contribution in [0.4, 0.5) is 0 Å². The van der Waals surface area contributed by atoms with Gasteiger partial charge in [0.25, 0.3) is 6.47 Å². The summed E-state index contributed by atoms with van der Waals surface area (Å²) < 4.78 is 0.333. The third-order valence-electron chi connectivity index (χ3n) is 0. The molecule has 0 saturated carbocycles. The predicted molar refractivity (Wildman–Crippen MR) is 105 cm³/mol. The quantitative estimate of drug-likeness (QED) is 0.130. The Morgan fingerprint density at radius 1 is 0.750 bits per heavy atom. The molecule has 0 aromatic rings. The van der Waals surface area contributed by atoms with E-state index in [1.165, 1.54) is 0 Å². The number of hydrogen-bond donors (Lipinski definition) is 5. The average molecular weight is 599 g/mol. The van der Waals surface area contributed by atoms with Gasteiger partial charge < -0.3 is 127 Å². The molecule has 0 fully saturated rings. The van der Waals surface area contributed by atoms with E-state index in [0.717, 1.165) is 0 Å². The van der Waals surface area contributed by atoms with Crippen LogP contribution in [0.3, 0.4) is 0 Å². The number of thiocarbonyl (C=S) groups is 4. The van der Waals surface area contributed by atoms with Crippen LogP contribution in [0.15, 0.2) is 0 Å². The largest absolute Gasteiger partial charge is 0.483 e. The molecule has 0 aliphatic carbocycles. The molecule has 0 heterocycles. The molecular weight excluding hydrogens is 588 g/mol. The first-order valence-corrected chi connectivity index (χ1v) is 6.55. The van der Waals surface area contributed by atoms with Gasteiger partial charge in [-0.2, -0.15) is 0 Å². The molecule has 20 heavy (non-hydrogen) atoms. The van der Waals surface area contributed by atoms with Crippen LogP contribution >= 0.6 is 48.9 Å². The Morgan fingerprint density at radius 2 is 0.750 bits per heavy atom. The summed E-state index contributed by atoms with van der Waals surface area (Å²) in [5.41, 5.74) is 18.6. The van der Waals surface area contributed by atoms with E-state index in [9.17, 15) is 0 Å². The first kappa shape index (κ1) is 37.1. The van der Waals surface area contributed by atoms with Crippen molar-refractivity contribution in [2.75, 3.05) is 0 Å². The van der Waals surface area contributed by atoms with Crippen LogP contribution in [0.1, 0.15) is 0 Å². The Hall–Kier alpha value is 0.598. The van der Waals surface area contributed by atoms with Gasteiger partial charge in [-0.3, -0.25) is 4.79 Å². The van der Waals surface area contributed by atoms with Crippen molar-refractivity contribution < 1.29 is 31.0 Å². The van der Waals surface area contributed by atoms with Crippen LogP contribution in [0.5, 0.6) is 0 Å². The number of rotatable bonds is 0. The first-order chi connectivity index (χ1) is 8.34.